The molecular weight excluding hydrogens is 346 g/mol. The number of nitriles is 1. The minimum Gasteiger partial charge on any atom is -0.359 e. The molecule has 1 aliphatic heterocycles. The molecule has 1 amide bonds. The van der Waals surface area contributed by atoms with Gasteiger partial charge in [-0.25, -0.2) is 0 Å². The van der Waals surface area contributed by atoms with Gasteiger partial charge in [-0.2, -0.15) is 5.26 Å². The number of aromatic amines is 1. The van der Waals surface area contributed by atoms with Crippen LogP contribution in [0.25, 0.3) is 16.5 Å². The van der Waals surface area contributed by atoms with E-state index in [0.717, 1.165) is 22.9 Å². The normalized spacial score (nSPS) is 14.2. The Balaban J connectivity index is 1.57. The third kappa shape index (κ3) is 2.87. The van der Waals surface area contributed by atoms with Gasteiger partial charge in [0.25, 0.3) is 5.91 Å². The van der Waals surface area contributed by atoms with Gasteiger partial charge in [-0.05, 0) is 36.3 Å². The van der Waals surface area contributed by atoms with Gasteiger partial charge in [0, 0.05) is 35.8 Å². The number of aromatic nitrogens is 1. The molecule has 128 valence electrons. The number of rotatable bonds is 2. The van der Waals surface area contributed by atoms with Crippen molar-refractivity contribution < 1.29 is 4.79 Å². The van der Waals surface area contributed by atoms with Crippen LogP contribution in [0.15, 0.2) is 54.7 Å². The number of hydrogen-bond donors (Lipinski definition) is 1. The number of H-pyrrole nitrogens is 1. The quantitative estimate of drug-likeness (QED) is 0.723. The van der Waals surface area contributed by atoms with Crippen LogP contribution in [-0.4, -0.2) is 28.9 Å². The van der Waals surface area contributed by atoms with Gasteiger partial charge in [0.1, 0.15) is 0 Å². The molecule has 0 spiro atoms. The van der Waals surface area contributed by atoms with E-state index in [4.69, 9.17) is 16.9 Å². The Morgan fingerprint density at radius 3 is 2.85 bits per heavy atom. The fraction of sp³-hybridized carbons (Fsp3) is 0.143. The van der Waals surface area contributed by atoms with E-state index in [1.807, 2.05) is 23.2 Å². The lowest BCUT2D eigenvalue weighted by Gasteiger charge is -2.26. The van der Waals surface area contributed by atoms with Crippen LogP contribution in [0.3, 0.4) is 0 Å². The zero-order chi connectivity index (χ0) is 18.1. The number of hydrogen-bond acceptors (Lipinski definition) is 2. The Hall–Kier alpha value is -3.03. The number of fused-ring (bicyclic) bond motifs is 1. The minimum absolute atomic E-state index is 0.0422. The molecule has 1 aromatic heterocycles. The Morgan fingerprint density at radius 2 is 2.08 bits per heavy atom. The van der Waals surface area contributed by atoms with Crippen molar-refractivity contribution in [1.29, 1.82) is 5.26 Å². The van der Waals surface area contributed by atoms with E-state index >= 15 is 0 Å². The third-order valence-corrected chi connectivity index (χ3v) is 5.06. The van der Waals surface area contributed by atoms with Gasteiger partial charge in [0.05, 0.1) is 22.2 Å². The van der Waals surface area contributed by atoms with Crippen LogP contribution in [0.4, 0.5) is 0 Å². The predicted molar refractivity (Wildman–Crippen MR) is 103 cm³/mol. The largest absolute Gasteiger partial charge is 0.359 e. The second-order valence-corrected chi connectivity index (χ2v) is 6.70. The zero-order valence-corrected chi connectivity index (χ0v) is 14.8. The van der Waals surface area contributed by atoms with Crippen LogP contribution in [0.2, 0.25) is 5.02 Å². The van der Waals surface area contributed by atoms with Crippen LogP contribution in [-0.2, 0) is 0 Å². The van der Waals surface area contributed by atoms with Crippen LogP contribution >= 0.6 is 11.6 Å². The first-order chi connectivity index (χ1) is 12.7. The summed E-state index contributed by atoms with van der Waals surface area (Å²) in [6, 6.07) is 14.8. The molecule has 2 aromatic carbocycles. The number of para-hydroxylation sites is 1. The van der Waals surface area contributed by atoms with Crippen molar-refractivity contribution in [1.82, 2.24) is 9.88 Å². The number of halogens is 1. The molecule has 0 bridgehead atoms. The average molecular weight is 362 g/mol. The number of carbonyl (C=O) groups excluding carboxylic acids is 1. The lowest BCUT2D eigenvalue weighted by molar-refractivity contribution is 0.0773. The second-order valence-electron chi connectivity index (χ2n) is 6.29. The molecule has 0 saturated carbocycles. The maximum absolute atomic E-state index is 12.7. The molecule has 4 rings (SSSR count). The summed E-state index contributed by atoms with van der Waals surface area (Å²) in [7, 11) is 0. The molecule has 2 heterocycles. The summed E-state index contributed by atoms with van der Waals surface area (Å²) in [5.74, 6) is -0.0422. The van der Waals surface area contributed by atoms with E-state index in [2.05, 4.69) is 23.2 Å². The van der Waals surface area contributed by atoms with Gasteiger partial charge in [0.2, 0.25) is 0 Å². The Kier molecular flexibility index (Phi) is 4.24. The lowest BCUT2D eigenvalue weighted by atomic mass is 9.98. The Morgan fingerprint density at radius 1 is 1.23 bits per heavy atom. The van der Waals surface area contributed by atoms with E-state index in [9.17, 15) is 4.79 Å². The molecule has 0 radical (unpaired) electrons. The fourth-order valence-corrected chi connectivity index (χ4v) is 3.61. The minimum atomic E-state index is -0.0422. The van der Waals surface area contributed by atoms with E-state index in [-0.39, 0.29) is 5.91 Å². The van der Waals surface area contributed by atoms with Crippen molar-refractivity contribution in [2.24, 2.45) is 0 Å². The molecule has 5 heteroatoms. The second kappa shape index (κ2) is 6.70. The molecule has 1 aliphatic rings. The zero-order valence-electron chi connectivity index (χ0n) is 14.0. The number of benzene rings is 2. The summed E-state index contributed by atoms with van der Waals surface area (Å²) < 4.78 is 0. The van der Waals surface area contributed by atoms with Crippen LogP contribution in [0.1, 0.15) is 27.9 Å². The monoisotopic (exact) mass is 361 g/mol. The van der Waals surface area contributed by atoms with Gasteiger partial charge >= 0.3 is 0 Å². The average Bonchev–Trinajstić information content (AvgIpc) is 3.13. The van der Waals surface area contributed by atoms with Crippen molar-refractivity contribution in [3.05, 3.63) is 76.5 Å². The third-order valence-electron chi connectivity index (χ3n) is 4.75. The number of nitrogens with zero attached hydrogens (tertiary/aromatic N) is 2. The van der Waals surface area contributed by atoms with Crippen molar-refractivity contribution >= 4 is 34.0 Å². The smallest absolute Gasteiger partial charge is 0.254 e. The Bertz CT molecular complexity index is 1070. The van der Waals surface area contributed by atoms with Crippen molar-refractivity contribution in [2.75, 3.05) is 13.1 Å². The number of nitrogens with one attached hydrogen (secondary N) is 1. The van der Waals surface area contributed by atoms with Gasteiger partial charge in [0.15, 0.2) is 0 Å². The fourth-order valence-electron chi connectivity index (χ4n) is 3.39. The summed E-state index contributed by atoms with van der Waals surface area (Å²) >= 11 is 6.24. The van der Waals surface area contributed by atoms with Crippen LogP contribution in [0.5, 0.6) is 0 Å². The van der Waals surface area contributed by atoms with Crippen LogP contribution in [0, 0.1) is 11.3 Å². The summed E-state index contributed by atoms with van der Waals surface area (Å²) in [5, 5.41) is 10.8. The molecule has 0 saturated heterocycles. The van der Waals surface area contributed by atoms with Crippen molar-refractivity contribution in [2.45, 2.75) is 6.42 Å². The maximum atomic E-state index is 12.7. The van der Waals surface area contributed by atoms with Gasteiger partial charge < -0.3 is 9.88 Å². The van der Waals surface area contributed by atoms with Gasteiger partial charge in [-0.15, -0.1) is 0 Å². The molecule has 3 aromatic rings. The first-order valence-electron chi connectivity index (χ1n) is 8.42. The molecule has 26 heavy (non-hydrogen) atoms. The van der Waals surface area contributed by atoms with E-state index in [0.29, 0.717) is 29.2 Å². The van der Waals surface area contributed by atoms with Gasteiger partial charge in [-0.3, -0.25) is 4.79 Å². The molecule has 0 aliphatic carbocycles. The van der Waals surface area contributed by atoms with E-state index in [1.54, 1.807) is 24.3 Å². The predicted octanol–water partition coefficient (Wildman–Crippen LogP) is 4.62. The summed E-state index contributed by atoms with van der Waals surface area (Å²) in [5.41, 5.74) is 4.35. The van der Waals surface area contributed by atoms with Crippen LogP contribution < -0.4 is 0 Å². The number of amides is 1. The molecule has 4 nitrogen and oxygen atoms in total. The highest BCUT2D eigenvalue weighted by molar-refractivity contribution is 6.35. The van der Waals surface area contributed by atoms with E-state index in [1.165, 1.54) is 5.57 Å². The van der Waals surface area contributed by atoms with Crippen molar-refractivity contribution in [3.8, 4) is 6.07 Å². The molecule has 1 N–H and O–H groups in total. The topological polar surface area (TPSA) is 59.9 Å². The molecule has 0 unspecified atom stereocenters. The Labute approximate surface area is 156 Å². The standard InChI is InChI=1S/C21H16ClN3O/c22-19-6-2-5-17-18(13-24-20(17)19)15-7-9-25(10-8-15)21(26)16-4-1-3-14(11-16)12-23/h1-7,11,13,24H,8-10H2. The summed E-state index contributed by atoms with van der Waals surface area (Å²) in [6.07, 6.45) is 4.86. The molecule has 0 atom stereocenters. The maximum Gasteiger partial charge on any atom is 0.254 e. The van der Waals surface area contributed by atoms with Gasteiger partial charge in [-0.1, -0.05) is 35.9 Å². The first kappa shape index (κ1) is 16.4. The molecular formula is C21H16ClN3O. The SMILES string of the molecule is N#Cc1cccc(C(=O)N2CC=C(c3c[nH]c4c(Cl)cccc34)CC2)c1. The first-order valence-corrected chi connectivity index (χ1v) is 8.79. The summed E-state index contributed by atoms with van der Waals surface area (Å²) in [6.45, 7) is 1.20. The number of carbonyl (C=O) groups is 1. The summed E-state index contributed by atoms with van der Waals surface area (Å²) in [4.78, 5) is 17.7. The lowest BCUT2D eigenvalue weighted by Crippen LogP contribution is -2.34. The highest BCUT2D eigenvalue weighted by Crippen LogP contribution is 2.32. The highest BCUT2D eigenvalue weighted by Gasteiger charge is 2.21. The molecule has 0 fully saturated rings. The van der Waals surface area contributed by atoms with Crippen molar-refractivity contribution in [3.63, 3.8) is 0 Å². The highest BCUT2D eigenvalue weighted by atomic mass is 35.5. The van der Waals surface area contributed by atoms with E-state index < -0.39 is 0 Å².